The number of nitrogens with zero attached hydrogens (tertiary/aromatic N) is 2. The van der Waals surface area contributed by atoms with Crippen molar-refractivity contribution in [3.8, 4) is 17.1 Å². The van der Waals surface area contributed by atoms with Crippen LogP contribution in [-0.2, 0) is 4.74 Å². The predicted molar refractivity (Wildman–Crippen MR) is 77.0 cm³/mol. The average Bonchev–Trinajstić information content (AvgIpc) is 2.88. The van der Waals surface area contributed by atoms with Gasteiger partial charge < -0.3 is 14.8 Å². The minimum atomic E-state index is 0.649. The fraction of sp³-hybridized carbons (Fsp3) is 0.385. The highest BCUT2D eigenvalue weighted by Crippen LogP contribution is 2.26. The van der Waals surface area contributed by atoms with Crippen LogP contribution in [-0.4, -0.2) is 36.7 Å². The highest BCUT2D eigenvalue weighted by atomic mass is 32.1. The Kier molecular flexibility index (Phi) is 4.70. The molecule has 0 bridgehead atoms. The molecule has 0 aliphatic carbocycles. The Hall–Kier alpha value is -1.66. The van der Waals surface area contributed by atoms with Crippen LogP contribution in [0.1, 0.15) is 5.56 Å². The molecule has 0 unspecified atom stereocenters. The Morgan fingerprint density at radius 1 is 1.32 bits per heavy atom. The lowest BCUT2D eigenvalue weighted by Crippen LogP contribution is -2.06. The topological polar surface area (TPSA) is 56.3 Å². The largest absolute Gasteiger partial charge is 0.496 e. The van der Waals surface area contributed by atoms with E-state index in [9.17, 15) is 0 Å². The average molecular weight is 279 g/mol. The van der Waals surface area contributed by atoms with Gasteiger partial charge in [0.15, 0.2) is 5.82 Å². The fourth-order valence-corrected chi connectivity index (χ4v) is 2.30. The van der Waals surface area contributed by atoms with Gasteiger partial charge in [0, 0.05) is 30.8 Å². The number of hydrogen-bond donors (Lipinski definition) is 1. The van der Waals surface area contributed by atoms with Crippen LogP contribution >= 0.6 is 11.5 Å². The van der Waals surface area contributed by atoms with Crippen LogP contribution in [0.5, 0.6) is 5.75 Å². The van der Waals surface area contributed by atoms with Gasteiger partial charge in [-0.2, -0.15) is 9.36 Å². The number of aromatic nitrogens is 2. The molecule has 2 aromatic rings. The summed E-state index contributed by atoms with van der Waals surface area (Å²) in [6.07, 6.45) is 0. The van der Waals surface area contributed by atoms with Crippen molar-refractivity contribution in [3.63, 3.8) is 0 Å². The molecular formula is C13H17N3O2S. The van der Waals surface area contributed by atoms with E-state index in [0.717, 1.165) is 34.4 Å². The smallest absolute Gasteiger partial charge is 0.202 e. The van der Waals surface area contributed by atoms with Crippen LogP contribution in [0.3, 0.4) is 0 Å². The molecule has 1 aromatic carbocycles. The number of benzene rings is 1. The van der Waals surface area contributed by atoms with E-state index in [1.54, 1.807) is 14.2 Å². The van der Waals surface area contributed by atoms with Crippen LogP contribution in [0, 0.1) is 6.92 Å². The third-order valence-corrected chi connectivity index (χ3v) is 3.33. The highest BCUT2D eigenvalue weighted by Gasteiger charge is 2.08. The lowest BCUT2D eigenvalue weighted by molar-refractivity contribution is 0.211. The van der Waals surface area contributed by atoms with Crippen LogP contribution in [0.4, 0.5) is 5.13 Å². The second-order valence-corrected chi connectivity index (χ2v) is 4.78. The predicted octanol–water partition coefficient (Wildman–Crippen LogP) is 2.58. The van der Waals surface area contributed by atoms with Gasteiger partial charge >= 0.3 is 0 Å². The summed E-state index contributed by atoms with van der Waals surface area (Å²) in [5, 5.41) is 3.97. The Bertz CT molecular complexity index is 542. The molecule has 6 heteroatoms. The molecule has 102 valence electrons. The van der Waals surface area contributed by atoms with Gasteiger partial charge in [-0.3, -0.25) is 0 Å². The fourth-order valence-electron chi connectivity index (χ4n) is 1.69. The van der Waals surface area contributed by atoms with Crippen LogP contribution in [0.15, 0.2) is 18.2 Å². The molecule has 0 aliphatic heterocycles. The molecule has 0 saturated heterocycles. The first-order chi connectivity index (χ1) is 9.24. The zero-order chi connectivity index (χ0) is 13.7. The molecule has 0 spiro atoms. The van der Waals surface area contributed by atoms with Crippen LogP contribution in [0.2, 0.25) is 0 Å². The molecule has 1 N–H and O–H groups in total. The highest BCUT2D eigenvalue weighted by molar-refractivity contribution is 7.09. The van der Waals surface area contributed by atoms with Crippen molar-refractivity contribution < 1.29 is 9.47 Å². The number of rotatable bonds is 6. The maximum absolute atomic E-state index is 5.24. The minimum absolute atomic E-state index is 0.649. The Morgan fingerprint density at radius 3 is 2.84 bits per heavy atom. The number of anilines is 1. The van der Waals surface area contributed by atoms with E-state index in [2.05, 4.69) is 14.7 Å². The van der Waals surface area contributed by atoms with E-state index >= 15 is 0 Å². The van der Waals surface area contributed by atoms with Crippen molar-refractivity contribution in [2.75, 3.05) is 32.7 Å². The second-order valence-electron chi connectivity index (χ2n) is 4.03. The summed E-state index contributed by atoms with van der Waals surface area (Å²) in [5.74, 6) is 1.60. The van der Waals surface area contributed by atoms with E-state index in [1.807, 2.05) is 25.1 Å². The van der Waals surface area contributed by atoms with E-state index in [-0.39, 0.29) is 0 Å². The van der Waals surface area contributed by atoms with Crippen LogP contribution < -0.4 is 10.1 Å². The van der Waals surface area contributed by atoms with Crippen molar-refractivity contribution in [2.45, 2.75) is 6.92 Å². The van der Waals surface area contributed by atoms with Crippen LogP contribution in [0.25, 0.3) is 11.4 Å². The molecule has 0 atom stereocenters. The quantitative estimate of drug-likeness (QED) is 0.824. The molecule has 0 saturated carbocycles. The second kappa shape index (κ2) is 6.49. The van der Waals surface area contributed by atoms with Crippen molar-refractivity contribution in [3.05, 3.63) is 23.8 Å². The van der Waals surface area contributed by atoms with Crippen molar-refractivity contribution in [1.82, 2.24) is 9.36 Å². The number of methoxy groups -OCH3 is 2. The van der Waals surface area contributed by atoms with Gasteiger partial charge in [0.05, 0.1) is 13.7 Å². The maximum atomic E-state index is 5.24. The molecule has 19 heavy (non-hydrogen) atoms. The number of ether oxygens (including phenoxy) is 2. The molecule has 0 radical (unpaired) electrons. The molecule has 0 aliphatic rings. The van der Waals surface area contributed by atoms with Gasteiger partial charge in [-0.05, 0) is 30.7 Å². The van der Waals surface area contributed by atoms with Gasteiger partial charge in [-0.15, -0.1) is 0 Å². The number of aryl methyl sites for hydroxylation is 1. The zero-order valence-corrected chi connectivity index (χ0v) is 12.1. The Balaban J connectivity index is 2.11. The minimum Gasteiger partial charge on any atom is -0.496 e. The van der Waals surface area contributed by atoms with E-state index in [1.165, 1.54) is 11.5 Å². The zero-order valence-electron chi connectivity index (χ0n) is 11.3. The van der Waals surface area contributed by atoms with Gasteiger partial charge in [-0.1, -0.05) is 0 Å². The summed E-state index contributed by atoms with van der Waals surface area (Å²) in [7, 11) is 3.34. The van der Waals surface area contributed by atoms with E-state index in [0.29, 0.717) is 6.61 Å². The number of nitrogens with one attached hydrogen (secondary N) is 1. The van der Waals surface area contributed by atoms with Crippen molar-refractivity contribution in [1.29, 1.82) is 0 Å². The van der Waals surface area contributed by atoms with Gasteiger partial charge in [-0.25, -0.2) is 0 Å². The summed E-state index contributed by atoms with van der Waals surface area (Å²) in [6, 6.07) is 5.93. The first-order valence-corrected chi connectivity index (χ1v) is 6.73. The summed E-state index contributed by atoms with van der Waals surface area (Å²) in [5.41, 5.74) is 2.07. The first kappa shape index (κ1) is 13.8. The summed E-state index contributed by atoms with van der Waals surface area (Å²) >= 11 is 1.35. The molecule has 0 fully saturated rings. The Labute approximate surface area is 116 Å². The number of hydrogen-bond acceptors (Lipinski definition) is 6. The standard InChI is InChI=1S/C13H17N3O2S/c1-9-8-10(4-5-11(9)18-3)12-15-13(19-16-12)14-6-7-17-2/h4-5,8H,6-7H2,1-3H3,(H,14,15,16). The van der Waals surface area contributed by atoms with E-state index in [4.69, 9.17) is 9.47 Å². The summed E-state index contributed by atoms with van der Waals surface area (Å²) < 4.78 is 14.6. The van der Waals surface area contributed by atoms with Gasteiger partial charge in [0.2, 0.25) is 5.13 Å². The molecule has 2 rings (SSSR count). The lowest BCUT2D eigenvalue weighted by atomic mass is 10.1. The molecule has 5 nitrogen and oxygen atoms in total. The van der Waals surface area contributed by atoms with Gasteiger partial charge in [0.25, 0.3) is 0 Å². The Morgan fingerprint density at radius 2 is 2.16 bits per heavy atom. The first-order valence-electron chi connectivity index (χ1n) is 5.96. The summed E-state index contributed by atoms with van der Waals surface area (Å²) in [4.78, 5) is 4.45. The third-order valence-electron chi connectivity index (χ3n) is 2.66. The maximum Gasteiger partial charge on any atom is 0.202 e. The summed E-state index contributed by atoms with van der Waals surface area (Å²) in [6.45, 7) is 3.38. The lowest BCUT2D eigenvalue weighted by Gasteiger charge is -2.05. The monoisotopic (exact) mass is 279 g/mol. The van der Waals surface area contributed by atoms with Crippen molar-refractivity contribution in [2.24, 2.45) is 0 Å². The molecular weight excluding hydrogens is 262 g/mol. The SMILES string of the molecule is COCCNc1nc(-c2ccc(OC)c(C)c2)ns1. The third kappa shape index (κ3) is 3.42. The molecule has 0 amide bonds. The normalized spacial score (nSPS) is 10.5. The molecule has 1 heterocycles. The molecule has 1 aromatic heterocycles. The van der Waals surface area contributed by atoms with Gasteiger partial charge in [0.1, 0.15) is 5.75 Å². The van der Waals surface area contributed by atoms with E-state index < -0.39 is 0 Å². The van der Waals surface area contributed by atoms with Crippen molar-refractivity contribution >= 4 is 16.7 Å².